The van der Waals surface area contributed by atoms with Crippen LogP contribution in [0.1, 0.15) is 27.7 Å². The first-order chi connectivity index (χ1) is 6.80. The zero-order valence-corrected chi connectivity index (χ0v) is 11.6. The van der Waals surface area contributed by atoms with Crippen molar-refractivity contribution in [3.05, 3.63) is 21.6 Å². The van der Waals surface area contributed by atoms with E-state index in [0.717, 1.165) is 3.58 Å². The second-order valence-electron chi connectivity index (χ2n) is 3.84. The first-order valence-electron chi connectivity index (χ1n) is 4.54. The molecule has 0 aromatic heterocycles. The Hall–Kier alpha value is -0.720. The molecule has 0 saturated heterocycles. The Morgan fingerprint density at radius 1 is 1.47 bits per heavy atom. The normalized spacial score (nSPS) is 13.7. The van der Waals surface area contributed by atoms with E-state index >= 15 is 0 Å². The summed E-state index contributed by atoms with van der Waals surface area (Å²) in [4.78, 5) is 11.4. The number of nitrogens with one attached hydrogen (secondary N) is 1. The highest BCUT2D eigenvalue weighted by Gasteiger charge is 2.17. The number of rotatable bonds is 2. The van der Waals surface area contributed by atoms with Gasteiger partial charge in [-0.1, -0.05) is 6.08 Å². The van der Waals surface area contributed by atoms with Crippen LogP contribution in [0.25, 0.3) is 0 Å². The van der Waals surface area contributed by atoms with Crippen LogP contribution < -0.4 is 11.1 Å². The van der Waals surface area contributed by atoms with E-state index in [1.807, 2.05) is 50.3 Å². The molecule has 0 fully saturated rings. The molecule has 1 amide bonds. The summed E-state index contributed by atoms with van der Waals surface area (Å²) in [7, 11) is 0. The van der Waals surface area contributed by atoms with Crippen LogP contribution in [0.3, 0.4) is 0 Å². The second kappa shape index (κ2) is 5.99. The molecule has 0 unspecified atom stereocenters. The number of carbonyl (C=O) groups is 1. The van der Waals surface area contributed by atoms with E-state index in [9.17, 15) is 4.79 Å². The van der Waals surface area contributed by atoms with Crippen LogP contribution in [0.5, 0.6) is 0 Å². The van der Waals surface area contributed by atoms with Gasteiger partial charge >= 0.3 is 6.09 Å². The fourth-order valence-electron chi connectivity index (χ4n) is 0.773. The maximum absolute atomic E-state index is 11.4. The van der Waals surface area contributed by atoms with Crippen molar-refractivity contribution in [2.45, 2.75) is 33.3 Å². The van der Waals surface area contributed by atoms with Crippen molar-refractivity contribution < 1.29 is 9.53 Å². The standard InChI is InChI=1S/C10H17IN2O2/c1-5-8(7(11)6-12)13-9(14)15-10(2,3)4/h5-6H,12H2,1-4H3,(H,13,14)/b7-6+,8-5+. The van der Waals surface area contributed by atoms with Gasteiger partial charge in [0.2, 0.25) is 0 Å². The van der Waals surface area contributed by atoms with Crippen LogP contribution in [-0.4, -0.2) is 11.7 Å². The molecule has 15 heavy (non-hydrogen) atoms. The Labute approximate surface area is 104 Å². The summed E-state index contributed by atoms with van der Waals surface area (Å²) in [6, 6.07) is 0. The number of ether oxygens (including phenoxy) is 1. The first-order valence-corrected chi connectivity index (χ1v) is 5.62. The average molecular weight is 324 g/mol. The summed E-state index contributed by atoms with van der Waals surface area (Å²) in [6.07, 6.45) is 2.70. The van der Waals surface area contributed by atoms with Crippen molar-refractivity contribution in [2.75, 3.05) is 0 Å². The van der Waals surface area contributed by atoms with Crippen molar-refractivity contribution in [3.63, 3.8) is 0 Å². The molecule has 0 atom stereocenters. The smallest absolute Gasteiger partial charge is 0.412 e. The van der Waals surface area contributed by atoms with E-state index in [4.69, 9.17) is 10.5 Å². The van der Waals surface area contributed by atoms with Crippen molar-refractivity contribution in [1.82, 2.24) is 5.32 Å². The largest absolute Gasteiger partial charge is 0.444 e. The third-order valence-electron chi connectivity index (χ3n) is 1.33. The van der Waals surface area contributed by atoms with Crippen molar-refractivity contribution >= 4 is 28.7 Å². The minimum absolute atomic E-state index is 0.480. The molecule has 3 N–H and O–H groups in total. The second-order valence-corrected chi connectivity index (χ2v) is 5.01. The number of allylic oxidation sites excluding steroid dienone is 2. The fourth-order valence-corrected chi connectivity index (χ4v) is 1.22. The van der Waals surface area contributed by atoms with E-state index in [-0.39, 0.29) is 0 Å². The predicted octanol–water partition coefficient (Wildman–Crippen LogP) is 2.65. The van der Waals surface area contributed by atoms with Crippen LogP contribution >= 0.6 is 22.6 Å². The number of amides is 1. The molecule has 0 aromatic rings. The molecule has 86 valence electrons. The fraction of sp³-hybridized carbons (Fsp3) is 0.500. The average Bonchev–Trinajstić information content (AvgIpc) is 2.10. The molecule has 0 spiro atoms. The highest BCUT2D eigenvalue weighted by Crippen LogP contribution is 2.15. The Morgan fingerprint density at radius 2 is 2.00 bits per heavy atom. The number of hydrogen-bond donors (Lipinski definition) is 2. The zero-order valence-electron chi connectivity index (χ0n) is 9.43. The van der Waals surface area contributed by atoms with Gasteiger partial charge in [0.15, 0.2) is 0 Å². The topological polar surface area (TPSA) is 64.3 Å². The Kier molecular flexibility index (Phi) is 5.71. The van der Waals surface area contributed by atoms with Crippen LogP contribution in [0.2, 0.25) is 0 Å². The van der Waals surface area contributed by atoms with E-state index in [2.05, 4.69) is 5.32 Å². The molecule has 0 aliphatic carbocycles. The highest BCUT2D eigenvalue weighted by molar-refractivity contribution is 14.1. The van der Waals surface area contributed by atoms with Gasteiger partial charge in [0.1, 0.15) is 5.60 Å². The van der Waals surface area contributed by atoms with Crippen LogP contribution in [0.15, 0.2) is 21.6 Å². The maximum atomic E-state index is 11.4. The lowest BCUT2D eigenvalue weighted by molar-refractivity contribution is 0.0547. The molecule has 0 saturated carbocycles. The lowest BCUT2D eigenvalue weighted by Gasteiger charge is -2.20. The van der Waals surface area contributed by atoms with Crippen molar-refractivity contribution in [2.24, 2.45) is 5.73 Å². The number of halogens is 1. The summed E-state index contributed by atoms with van der Waals surface area (Å²) in [6.45, 7) is 7.25. The van der Waals surface area contributed by atoms with Gasteiger partial charge in [-0.25, -0.2) is 4.79 Å². The van der Waals surface area contributed by atoms with Gasteiger partial charge in [0.25, 0.3) is 0 Å². The molecule has 0 heterocycles. The first kappa shape index (κ1) is 14.3. The molecular weight excluding hydrogens is 307 g/mol. The van der Waals surface area contributed by atoms with E-state index in [1.165, 1.54) is 6.20 Å². The number of carbonyl (C=O) groups excluding carboxylic acids is 1. The van der Waals surface area contributed by atoms with Gasteiger partial charge in [-0.3, -0.25) is 5.32 Å². The third kappa shape index (κ3) is 6.38. The van der Waals surface area contributed by atoms with E-state index in [1.54, 1.807) is 6.08 Å². The van der Waals surface area contributed by atoms with Crippen LogP contribution in [0.4, 0.5) is 4.79 Å². The summed E-state index contributed by atoms with van der Waals surface area (Å²) < 4.78 is 5.87. The SMILES string of the molecule is C/C=C(NC(=O)OC(C)(C)C)\C(I)=C/N. The molecule has 0 radical (unpaired) electrons. The molecule has 0 rings (SSSR count). The summed E-state index contributed by atoms with van der Waals surface area (Å²) in [5.74, 6) is 0. The quantitative estimate of drug-likeness (QED) is 0.606. The zero-order chi connectivity index (χ0) is 12.1. The third-order valence-corrected chi connectivity index (χ3v) is 2.27. The minimum Gasteiger partial charge on any atom is -0.444 e. The molecule has 5 heteroatoms. The van der Waals surface area contributed by atoms with Gasteiger partial charge in [0, 0.05) is 6.20 Å². The minimum atomic E-state index is -0.499. The molecular formula is C10H17IN2O2. The molecule has 4 nitrogen and oxygen atoms in total. The van der Waals surface area contributed by atoms with Crippen molar-refractivity contribution in [1.29, 1.82) is 0 Å². The van der Waals surface area contributed by atoms with Gasteiger partial charge in [-0.2, -0.15) is 0 Å². The molecule has 0 aromatic carbocycles. The van der Waals surface area contributed by atoms with E-state index in [0.29, 0.717) is 5.70 Å². The summed E-state index contributed by atoms with van der Waals surface area (Å²) >= 11 is 2.04. The van der Waals surface area contributed by atoms with Gasteiger partial charge in [0.05, 0.1) is 9.28 Å². The Morgan fingerprint density at radius 3 is 2.33 bits per heavy atom. The lowest BCUT2D eigenvalue weighted by Crippen LogP contribution is -2.32. The van der Waals surface area contributed by atoms with Crippen LogP contribution in [0, 0.1) is 0 Å². The Balaban J connectivity index is 4.41. The summed E-state index contributed by atoms with van der Waals surface area (Å²) in [5.41, 5.74) is 5.50. The van der Waals surface area contributed by atoms with Gasteiger partial charge < -0.3 is 10.5 Å². The maximum Gasteiger partial charge on any atom is 0.412 e. The van der Waals surface area contributed by atoms with Gasteiger partial charge in [-0.15, -0.1) is 0 Å². The molecule has 0 aliphatic heterocycles. The lowest BCUT2D eigenvalue weighted by atomic mass is 10.2. The monoisotopic (exact) mass is 324 g/mol. The van der Waals surface area contributed by atoms with Gasteiger partial charge in [-0.05, 0) is 50.3 Å². The number of alkyl carbamates (subject to hydrolysis) is 1. The summed E-state index contributed by atoms with van der Waals surface area (Å²) in [5, 5.41) is 2.62. The predicted molar refractivity (Wildman–Crippen MR) is 69.4 cm³/mol. The highest BCUT2D eigenvalue weighted by atomic mass is 127. The van der Waals surface area contributed by atoms with Crippen molar-refractivity contribution in [3.8, 4) is 0 Å². The van der Waals surface area contributed by atoms with E-state index < -0.39 is 11.7 Å². The van der Waals surface area contributed by atoms with Crippen LogP contribution in [-0.2, 0) is 4.74 Å². The number of hydrogen-bond acceptors (Lipinski definition) is 3. The molecule has 0 bridgehead atoms. The number of nitrogens with two attached hydrogens (primary N) is 1. The Bertz CT molecular complexity index is 290. The molecule has 0 aliphatic rings.